The highest BCUT2D eigenvalue weighted by atomic mass is 16.6. The Morgan fingerprint density at radius 2 is 2.06 bits per heavy atom. The third kappa shape index (κ3) is 3.20. The molecule has 2 N–H and O–H groups in total. The van der Waals surface area contributed by atoms with E-state index in [1.165, 1.54) is 18.0 Å². The molecule has 0 aliphatic carbocycles. The smallest absolute Gasteiger partial charge is 0.293 e. The van der Waals surface area contributed by atoms with Crippen molar-refractivity contribution in [2.24, 2.45) is 0 Å². The van der Waals surface area contributed by atoms with Gasteiger partial charge in [-0.25, -0.2) is 4.98 Å². The zero-order valence-electron chi connectivity index (χ0n) is 16.7. The highest BCUT2D eigenvalue weighted by Gasteiger charge is 2.24. The van der Waals surface area contributed by atoms with Crippen molar-refractivity contribution < 1.29 is 9.66 Å². The van der Waals surface area contributed by atoms with E-state index >= 15 is 0 Å². The highest BCUT2D eigenvalue weighted by molar-refractivity contribution is 5.94. The zero-order valence-corrected chi connectivity index (χ0v) is 16.7. The van der Waals surface area contributed by atoms with Crippen LogP contribution in [0.2, 0.25) is 0 Å². The quantitative estimate of drug-likeness (QED) is 0.387. The molecule has 0 amide bonds. The van der Waals surface area contributed by atoms with Crippen molar-refractivity contribution >= 4 is 38.8 Å². The molecule has 1 aliphatic rings. The zero-order chi connectivity index (χ0) is 21.5. The van der Waals surface area contributed by atoms with E-state index < -0.39 is 10.5 Å². The van der Waals surface area contributed by atoms with Crippen LogP contribution in [0.25, 0.3) is 27.4 Å². The summed E-state index contributed by atoms with van der Waals surface area (Å²) in [5.41, 5.74) is 3.72. The normalized spacial score (nSPS) is 14.1. The Labute approximate surface area is 176 Å². The molecule has 3 heterocycles. The average molecular weight is 417 g/mol. The molecular formula is C22H19N5O4. The lowest BCUT2D eigenvalue weighted by Gasteiger charge is -2.28. The molecule has 1 aliphatic heterocycles. The Morgan fingerprint density at radius 1 is 1.19 bits per heavy atom. The van der Waals surface area contributed by atoms with Gasteiger partial charge in [0.15, 0.2) is 0 Å². The van der Waals surface area contributed by atoms with Gasteiger partial charge in [-0.05, 0) is 36.3 Å². The lowest BCUT2D eigenvalue weighted by molar-refractivity contribution is -0.384. The molecule has 0 atom stereocenters. The minimum atomic E-state index is -0.452. The molecule has 9 heteroatoms. The summed E-state index contributed by atoms with van der Waals surface area (Å²) in [5.74, 6) is 0.792. The predicted octanol–water partition coefficient (Wildman–Crippen LogP) is 3.61. The van der Waals surface area contributed by atoms with Crippen LogP contribution in [0.4, 0.5) is 11.4 Å². The maximum Gasteiger partial charge on any atom is 0.293 e. The predicted molar refractivity (Wildman–Crippen MR) is 119 cm³/mol. The Balaban J connectivity index is 1.52. The second-order valence-corrected chi connectivity index (χ2v) is 7.39. The van der Waals surface area contributed by atoms with Gasteiger partial charge in [0.2, 0.25) is 0 Å². The van der Waals surface area contributed by atoms with E-state index in [4.69, 9.17) is 4.74 Å². The van der Waals surface area contributed by atoms with Gasteiger partial charge in [0, 0.05) is 41.8 Å². The molecule has 0 saturated heterocycles. The molecule has 0 unspecified atom stereocenters. The number of H-pyrrole nitrogens is 2. The first-order chi connectivity index (χ1) is 15.0. The largest absolute Gasteiger partial charge is 0.497 e. The average Bonchev–Trinajstić information content (AvgIpc) is 3.21. The maximum atomic E-state index is 12.0. The van der Waals surface area contributed by atoms with Gasteiger partial charge < -0.3 is 19.6 Å². The molecule has 0 spiro atoms. The molecule has 156 valence electrons. The monoisotopic (exact) mass is 417 g/mol. The number of ether oxygens (including phenoxy) is 1. The molecule has 0 saturated carbocycles. The van der Waals surface area contributed by atoms with Crippen molar-refractivity contribution in [1.82, 2.24) is 15.0 Å². The molecule has 0 fully saturated rings. The lowest BCUT2D eigenvalue weighted by atomic mass is 9.98. The number of fused-ring (bicyclic) bond motifs is 2. The van der Waals surface area contributed by atoms with Crippen LogP contribution in [-0.2, 0) is 0 Å². The van der Waals surface area contributed by atoms with E-state index in [0.29, 0.717) is 24.3 Å². The SMILES string of the molecule is COc1ccc2[nH]cc(C3=CCN(c4cc5nc[nH]c(=O)c5cc4[N+](=O)[O-])CC3)c2c1. The van der Waals surface area contributed by atoms with E-state index in [1.54, 1.807) is 13.2 Å². The number of nitrogens with zero attached hydrogens (tertiary/aromatic N) is 3. The Kier molecular flexibility index (Phi) is 4.43. The molecule has 2 aromatic heterocycles. The topological polar surface area (TPSA) is 117 Å². The van der Waals surface area contributed by atoms with Crippen molar-refractivity contribution in [3.63, 3.8) is 0 Å². The Hall–Kier alpha value is -4.14. The molecule has 0 bridgehead atoms. The molecule has 2 aromatic carbocycles. The number of anilines is 1. The fourth-order valence-electron chi connectivity index (χ4n) is 4.12. The number of nitro benzene ring substituents is 1. The second-order valence-electron chi connectivity index (χ2n) is 7.39. The number of aromatic nitrogens is 3. The molecule has 0 radical (unpaired) electrons. The van der Waals surface area contributed by atoms with Gasteiger partial charge in [0.05, 0.1) is 29.3 Å². The number of benzene rings is 2. The standard InChI is InChI=1S/C22H19N5O4/c1-31-14-2-3-18-15(8-14)17(11-23-18)13-4-6-26(7-5-13)20-10-19-16(9-21(20)27(29)30)22(28)25-12-24-19/h2-4,8-12,23H,5-7H2,1H3,(H,24,25,28). The number of methoxy groups -OCH3 is 1. The van der Waals surface area contributed by atoms with Crippen LogP contribution in [0.5, 0.6) is 5.75 Å². The van der Waals surface area contributed by atoms with E-state index in [-0.39, 0.29) is 11.1 Å². The summed E-state index contributed by atoms with van der Waals surface area (Å²) in [6.45, 7) is 1.12. The summed E-state index contributed by atoms with van der Waals surface area (Å²) in [5, 5.41) is 13.0. The molecule has 9 nitrogen and oxygen atoms in total. The summed E-state index contributed by atoms with van der Waals surface area (Å²) in [7, 11) is 1.64. The summed E-state index contributed by atoms with van der Waals surface area (Å²) in [4.78, 5) is 35.1. The van der Waals surface area contributed by atoms with Crippen molar-refractivity contribution in [3.8, 4) is 5.75 Å². The number of nitro groups is 1. The summed E-state index contributed by atoms with van der Waals surface area (Å²) in [6, 6.07) is 8.84. The number of nitrogens with one attached hydrogen (secondary N) is 2. The fourth-order valence-corrected chi connectivity index (χ4v) is 4.12. The minimum absolute atomic E-state index is 0.0975. The van der Waals surface area contributed by atoms with Crippen molar-refractivity contribution in [1.29, 1.82) is 0 Å². The van der Waals surface area contributed by atoms with Crippen LogP contribution in [0, 0.1) is 10.1 Å². The number of rotatable bonds is 4. The first-order valence-electron chi connectivity index (χ1n) is 9.80. The van der Waals surface area contributed by atoms with Crippen molar-refractivity contribution in [2.45, 2.75) is 6.42 Å². The van der Waals surface area contributed by atoms with E-state index in [1.807, 2.05) is 29.3 Å². The van der Waals surface area contributed by atoms with Gasteiger partial charge in [0.25, 0.3) is 11.2 Å². The van der Waals surface area contributed by atoms with E-state index in [9.17, 15) is 14.9 Å². The van der Waals surface area contributed by atoms with Crippen LogP contribution >= 0.6 is 0 Å². The summed E-state index contributed by atoms with van der Waals surface area (Å²) >= 11 is 0. The third-order valence-corrected chi connectivity index (χ3v) is 5.72. The van der Waals surface area contributed by atoms with Gasteiger partial charge in [-0.15, -0.1) is 0 Å². The van der Waals surface area contributed by atoms with Gasteiger partial charge in [-0.3, -0.25) is 14.9 Å². The lowest BCUT2D eigenvalue weighted by Crippen LogP contribution is -2.29. The molecule has 4 aromatic rings. The van der Waals surface area contributed by atoms with E-state index in [2.05, 4.69) is 21.0 Å². The van der Waals surface area contributed by atoms with Crippen LogP contribution < -0.4 is 15.2 Å². The number of hydrogen-bond donors (Lipinski definition) is 2. The molecule has 31 heavy (non-hydrogen) atoms. The summed E-state index contributed by atoms with van der Waals surface area (Å²) in [6.07, 6.45) is 6.10. The van der Waals surface area contributed by atoms with Gasteiger partial charge >= 0.3 is 0 Å². The highest BCUT2D eigenvalue weighted by Crippen LogP contribution is 2.36. The summed E-state index contributed by atoms with van der Waals surface area (Å²) < 4.78 is 5.35. The van der Waals surface area contributed by atoms with Crippen molar-refractivity contribution in [2.75, 3.05) is 25.1 Å². The van der Waals surface area contributed by atoms with Gasteiger partial charge in [-0.2, -0.15) is 0 Å². The Bertz CT molecular complexity index is 1420. The van der Waals surface area contributed by atoms with Gasteiger partial charge in [0.1, 0.15) is 11.4 Å². The van der Waals surface area contributed by atoms with Crippen LogP contribution in [0.1, 0.15) is 12.0 Å². The first-order valence-corrected chi connectivity index (χ1v) is 9.80. The number of hydrogen-bond acceptors (Lipinski definition) is 6. The molecule has 5 rings (SSSR count). The van der Waals surface area contributed by atoms with Crippen molar-refractivity contribution in [3.05, 3.63) is 75.0 Å². The van der Waals surface area contributed by atoms with E-state index in [0.717, 1.165) is 28.6 Å². The van der Waals surface area contributed by atoms with Crippen LogP contribution in [0.3, 0.4) is 0 Å². The fraction of sp³-hybridized carbons (Fsp3) is 0.182. The Morgan fingerprint density at radius 3 is 2.81 bits per heavy atom. The minimum Gasteiger partial charge on any atom is -0.497 e. The number of aromatic amines is 2. The maximum absolute atomic E-state index is 12.0. The first kappa shape index (κ1) is 18.9. The molecular weight excluding hydrogens is 398 g/mol. The van der Waals surface area contributed by atoms with Crippen LogP contribution in [0.15, 0.2) is 53.7 Å². The van der Waals surface area contributed by atoms with Gasteiger partial charge in [-0.1, -0.05) is 6.08 Å². The van der Waals surface area contributed by atoms with Crippen LogP contribution in [-0.4, -0.2) is 40.1 Å². The third-order valence-electron chi connectivity index (χ3n) is 5.72. The second kappa shape index (κ2) is 7.28.